The molecule has 0 aliphatic carbocycles. The van der Waals surface area contributed by atoms with E-state index in [4.69, 9.17) is 5.84 Å². The number of piperidine rings is 1. The molecule has 0 spiro atoms. The number of aromatic nitrogens is 2. The van der Waals surface area contributed by atoms with Gasteiger partial charge in [0, 0.05) is 25.1 Å². The number of nitrogen functional groups attached to an aromatic ring is 1. The number of nitrogens with one attached hydrogen (secondary N) is 2. The fraction of sp³-hybridized carbons (Fsp3) is 0.733. The molecule has 0 saturated carbocycles. The summed E-state index contributed by atoms with van der Waals surface area (Å²) in [7, 11) is 0. The van der Waals surface area contributed by atoms with Gasteiger partial charge < -0.3 is 15.6 Å². The number of aryl methyl sites for hydroxylation is 1. The molecule has 0 radical (unpaired) electrons. The Morgan fingerprint density at radius 1 is 1.14 bits per heavy atom. The number of likely N-dealkylation sites (tertiary alicyclic amines) is 1. The van der Waals surface area contributed by atoms with Crippen molar-refractivity contribution < 1.29 is 0 Å². The normalized spacial score (nSPS) is 16.0. The maximum absolute atomic E-state index is 5.55. The first-order valence-electron chi connectivity index (χ1n) is 8.05. The van der Waals surface area contributed by atoms with Crippen molar-refractivity contribution in [1.29, 1.82) is 0 Å². The van der Waals surface area contributed by atoms with Crippen LogP contribution >= 0.6 is 0 Å². The second-order valence-corrected chi connectivity index (χ2v) is 5.69. The van der Waals surface area contributed by atoms with Crippen LogP contribution in [0.1, 0.15) is 44.0 Å². The first-order chi connectivity index (χ1) is 10.2. The topological polar surface area (TPSA) is 79.1 Å². The zero-order chi connectivity index (χ0) is 15.1. The van der Waals surface area contributed by atoms with Gasteiger partial charge in [0.05, 0.1) is 0 Å². The van der Waals surface area contributed by atoms with Crippen LogP contribution in [0.15, 0.2) is 0 Å². The van der Waals surface area contributed by atoms with Crippen LogP contribution in [-0.4, -0.2) is 41.0 Å². The molecule has 6 nitrogen and oxygen atoms in total. The molecule has 1 aliphatic heterocycles. The third-order valence-electron chi connectivity index (χ3n) is 3.97. The van der Waals surface area contributed by atoms with Crippen LogP contribution in [0.2, 0.25) is 0 Å². The quantitative estimate of drug-likeness (QED) is 0.526. The molecular weight excluding hydrogens is 264 g/mol. The molecule has 0 amide bonds. The summed E-state index contributed by atoms with van der Waals surface area (Å²) < 4.78 is 0. The van der Waals surface area contributed by atoms with Gasteiger partial charge in [0.2, 0.25) is 0 Å². The van der Waals surface area contributed by atoms with E-state index in [9.17, 15) is 0 Å². The molecule has 1 saturated heterocycles. The van der Waals surface area contributed by atoms with Gasteiger partial charge in [-0.1, -0.05) is 13.3 Å². The van der Waals surface area contributed by atoms with Crippen molar-refractivity contribution in [2.45, 2.75) is 46.0 Å². The first kappa shape index (κ1) is 16.0. The molecule has 118 valence electrons. The van der Waals surface area contributed by atoms with Crippen molar-refractivity contribution in [2.24, 2.45) is 5.84 Å². The van der Waals surface area contributed by atoms with Crippen molar-refractivity contribution >= 4 is 11.6 Å². The highest BCUT2D eigenvalue weighted by Crippen LogP contribution is 2.19. The maximum atomic E-state index is 5.55. The number of anilines is 2. The fourth-order valence-electron chi connectivity index (χ4n) is 2.73. The monoisotopic (exact) mass is 292 g/mol. The minimum absolute atomic E-state index is 0.717. The lowest BCUT2D eigenvalue weighted by Crippen LogP contribution is -2.34. The van der Waals surface area contributed by atoms with E-state index in [0.717, 1.165) is 43.1 Å². The predicted molar refractivity (Wildman–Crippen MR) is 87.4 cm³/mol. The van der Waals surface area contributed by atoms with E-state index in [0.29, 0.717) is 5.82 Å². The predicted octanol–water partition coefficient (Wildman–Crippen LogP) is 1.92. The molecule has 2 heterocycles. The molecule has 0 bridgehead atoms. The third-order valence-corrected chi connectivity index (χ3v) is 3.97. The van der Waals surface area contributed by atoms with Crippen LogP contribution in [0.3, 0.4) is 0 Å². The van der Waals surface area contributed by atoms with Crippen LogP contribution in [0.25, 0.3) is 0 Å². The molecule has 6 heteroatoms. The lowest BCUT2D eigenvalue weighted by molar-refractivity contribution is 0.237. The van der Waals surface area contributed by atoms with Crippen LogP contribution in [0, 0.1) is 6.92 Å². The second-order valence-electron chi connectivity index (χ2n) is 5.69. The van der Waals surface area contributed by atoms with Gasteiger partial charge in [-0.15, -0.1) is 0 Å². The average molecular weight is 292 g/mol. The molecule has 1 aliphatic rings. The summed E-state index contributed by atoms with van der Waals surface area (Å²) in [4.78, 5) is 11.6. The summed E-state index contributed by atoms with van der Waals surface area (Å²) >= 11 is 0. The Hall–Kier alpha value is -1.40. The molecule has 21 heavy (non-hydrogen) atoms. The van der Waals surface area contributed by atoms with Gasteiger partial charge in [-0.05, 0) is 39.3 Å². The molecule has 0 aromatic carbocycles. The van der Waals surface area contributed by atoms with Crippen molar-refractivity contribution in [3.63, 3.8) is 0 Å². The highest BCUT2D eigenvalue weighted by molar-refractivity contribution is 5.56. The summed E-state index contributed by atoms with van der Waals surface area (Å²) in [5.74, 6) is 8.02. The second kappa shape index (κ2) is 8.14. The Labute approximate surface area is 127 Å². The van der Waals surface area contributed by atoms with E-state index in [1.165, 1.54) is 32.4 Å². The lowest BCUT2D eigenvalue weighted by Gasteiger charge is -2.26. The van der Waals surface area contributed by atoms with Gasteiger partial charge in [-0.3, -0.25) is 0 Å². The first-order valence-corrected chi connectivity index (χ1v) is 8.05. The number of nitrogens with two attached hydrogens (primary N) is 1. The highest BCUT2D eigenvalue weighted by atomic mass is 15.3. The van der Waals surface area contributed by atoms with E-state index >= 15 is 0 Å². The molecule has 1 aromatic heterocycles. The summed E-state index contributed by atoms with van der Waals surface area (Å²) in [6.07, 6.45) is 5.93. The van der Waals surface area contributed by atoms with Crippen LogP contribution in [0.4, 0.5) is 11.6 Å². The minimum Gasteiger partial charge on any atom is -0.368 e. The number of hydrogen-bond donors (Lipinski definition) is 3. The number of hydrogen-bond acceptors (Lipinski definition) is 6. The lowest BCUT2D eigenvalue weighted by atomic mass is 10.1. The van der Waals surface area contributed by atoms with E-state index in [-0.39, 0.29) is 0 Å². The van der Waals surface area contributed by atoms with Crippen molar-refractivity contribution in [1.82, 2.24) is 14.9 Å². The Bertz CT molecular complexity index is 442. The maximum Gasteiger partial charge on any atom is 0.148 e. The van der Waals surface area contributed by atoms with Gasteiger partial charge in [0.1, 0.15) is 17.5 Å². The van der Waals surface area contributed by atoms with Crippen molar-refractivity contribution in [3.8, 4) is 0 Å². The summed E-state index contributed by atoms with van der Waals surface area (Å²) in [5.41, 5.74) is 3.66. The van der Waals surface area contributed by atoms with Crippen LogP contribution < -0.4 is 16.6 Å². The van der Waals surface area contributed by atoms with Gasteiger partial charge >= 0.3 is 0 Å². The molecule has 1 aromatic rings. The molecule has 0 atom stereocenters. The third kappa shape index (κ3) is 4.54. The Balaban J connectivity index is 1.95. The van der Waals surface area contributed by atoms with Crippen LogP contribution in [-0.2, 0) is 6.42 Å². The van der Waals surface area contributed by atoms with Crippen LogP contribution in [0.5, 0.6) is 0 Å². The molecular formula is C15H28N6. The summed E-state index contributed by atoms with van der Waals surface area (Å²) in [5, 5.41) is 3.45. The largest absolute Gasteiger partial charge is 0.368 e. The van der Waals surface area contributed by atoms with E-state index < -0.39 is 0 Å². The smallest absolute Gasteiger partial charge is 0.148 e. The summed E-state index contributed by atoms with van der Waals surface area (Å²) in [6, 6.07) is 0. The zero-order valence-electron chi connectivity index (χ0n) is 13.3. The molecule has 2 rings (SSSR count). The van der Waals surface area contributed by atoms with E-state index in [2.05, 4.69) is 32.5 Å². The van der Waals surface area contributed by atoms with Gasteiger partial charge in [0.15, 0.2) is 0 Å². The molecule has 1 fully saturated rings. The van der Waals surface area contributed by atoms with Crippen molar-refractivity contribution in [3.05, 3.63) is 11.4 Å². The van der Waals surface area contributed by atoms with Crippen molar-refractivity contribution in [2.75, 3.05) is 36.9 Å². The SMILES string of the molecule is CCCc1nc(NN)c(C)c(NCCN2CCCCC2)n1. The Morgan fingerprint density at radius 2 is 1.86 bits per heavy atom. The fourth-order valence-corrected chi connectivity index (χ4v) is 2.73. The molecule has 4 N–H and O–H groups in total. The standard InChI is InChI=1S/C15H28N6/c1-3-7-13-18-14(12(2)15(19-13)20-16)17-8-11-21-9-5-4-6-10-21/h3-11,16H2,1-2H3,(H2,17,18,19,20). The van der Waals surface area contributed by atoms with Gasteiger partial charge in [-0.2, -0.15) is 0 Å². The van der Waals surface area contributed by atoms with Gasteiger partial charge in [-0.25, -0.2) is 15.8 Å². The minimum atomic E-state index is 0.717. The number of hydrazine groups is 1. The zero-order valence-corrected chi connectivity index (χ0v) is 13.3. The Kier molecular flexibility index (Phi) is 6.20. The number of nitrogens with zero attached hydrogens (tertiary/aromatic N) is 3. The van der Waals surface area contributed by atoms with Gasteiger partial charge in [0.25, 0.3) is 0 Å². The molecule has 0 unspecified atom stereocenters. The van der Waals surface area contributed by atoms with E-state index in [1.54, 1.807) is 0 Å². The summed E-state index contributed by atoms with van der Waals surface area (Å²) in [6.45, 7) is 8.55. The Morgan fingerprint density at radius 3 is 2.52 bits per heavy atom. The average Bonchev–Trinajstić information content (AvgIpc) is 2.51. The number of rotatable bonds is 7. The van der Waals surface area contributed by atoms with E-state index in [1.807, 2.05) is 6.92 Å². The highest BCUT2D eigenvalue weighted by Gasteiger charge is 2.12.